The second-order valence-corrected chi connectivity index (χ2v) is 6.54. The summed E-state index contributed by atoms with van der Waals surface area (Å²) >= 11 is 0. The summed E-state index contributed by atoms with van der Waals surface area (Å²) in [6.07, 6.45) is 6.08. The van der Waals surface area contributed by atoms with Gasteiger partial charge < -0.3 is 10.6 Å². The molecule has 0 aromatic carbocycles. The number of carbonyl (C=O) groups is 1. The Morgan fingerprint density at radius 2 is 2.11 bits per heavy atom. The van der Waals surface area contributed by atoms with E-state index in [0.29, 0.717) is 18.6 Å². The van der Waals surface area contributed by atoms with Crippen LogP contribution in [0.1, 0.15) is 39.0 Å². The third kappa shape index (κ3) is 2.79. The van der Waals surface area contributed by atoms with Crippen LogP contribution < -0.4 is 10.6 Å². The summed E-state index contributed by atoms with van der Waals surface area (Å²) in [5.41, 5.74) is 0. The molecule has 0 radical (unpaired) electrons. The first kappa shape index (κ1) is 13.4. The third-order valence-corrected chi connectivity index (χ3v) is 5.31. The van der Waals surface area contributed by atoms with Gasteiger partial charge in [-0.1, -0.05) is 19.8 Å². The van der Waals surface area contributed by atoms with E-state index in [4.69, 9.17) is 0 Å². The summed E-state index contributed by atoms with van der Waals surface area (Å²) in [7, 11) is 0. The van der Waals surface area contributed by atoms with Gasteiger partial charge in [0.25, 0.3) is 0 Å². The molecule has 3 fully saturated rings. The zero-order chi connectivity index (χ0) is 13.2. The monoisotopic (exact) mass is 265 g/mol. The third-order valence-electron chi connectivity index (χ3n) is 5.31. The molecule has 4 heteroatoms. The lowest BCUT2D eigenvalue weighted by Gasteiger charge is -2.26. The van der Waals surface area contributed by atoms with Crippen LogP contribution in [0.2, 0.25) is 0 Å². The Bertz CT molecular complexity index is 327. The van der Waals surface area contributed by atoms with E-state index in [1.165, 1.54) is 32.1 Å². The molecule has 2 N–H and O–H groups in total. The van der Waals surface area contributed by atoms with E-state index >= 15 is 0 Å². The van der Waals surface area contributed by atoms with Crippen molar-refractivity contribution < 1.29 is 4.79 Å². The van der Waals surface area contributed by atoms with E-state index in [1.54, 1.807) is 0 Å². The van der Waals surface area contributed by atoms with E-state index in [9.17, 15) is 4.79 Å². The van der Waals surface area contributed by atoms with Gasteiger partial charge in [0.1, 0.15) is 0 Å². The number of hydrogen-bond acceptors (Lipinski definition) is 3. The van der Waals surface area contributed by atoms with Crippen molar-refractivity contribution in [3.63, 3.8) is 0 Å². The topological polar surface area (TPSA) is 44.4 Å². The molecule has 3 unspecified atom stereocenters. The average Bonchev–Trinajstić information content (AvgIpc) is 3.05. The van der Waals surface area contributed by atoms with Gasteiger partial charge in [-0.25, -0.2) is 0 Å². The Kier molecular flexibility index (Phi) is 4.08. The quantitative estimate of drug-likeness (QED) is 0.796. The lowest BCUT2D eigenvalue weighted by atomic mass is 9.93. The highest BCUT2D eigenvalue weighted by Crippen LogP contribution is 2.33. The van der Waals surface area contributed by atoms with Gasteiger partial charge in [-0.2, -0.15) is 0 Å². The Morgan fingerprint density at radius 1 is 1.32 bits per heavy atom. The van der Waals surface area contributed by atoms with Crippen LogP contribution in [0.5, 0.6) is 0 Å². The number of amides is 1. The van der Waals surface area contributed by atoms with E-state index in [0.717, 1.165) is 31.5 Å². The normalized spacial score (nSPS) is 35.7. The van der Waals surface area contributed by atoms with Gasteiger partial charge in [-0.15, -0.1) is 0 Å². The van der Waals surface area contributed by atoms with Crippen molar-refractivity contribution in [2.45, 2.75) is 51.1 Å². The fraction of sp³-hybridized carbons (Fsp3) is 0.933. The maximum Gasteiger partial charge on any atom is 0.234 e. The number of fused-ring (bicyclic) bond motifs is 1. The second-order valence-electron chi connectivity index (χ2n) is 6.54. The standard InChI is InChI=1S/C15H27N3O/c1-2-14-13-8-16-7-11(13)9-18(14)10-15(19)17-12-5-3-4-6-12/h11-14,16H,2-10H2,1H3,(H,17,19). The lowest BCUT2D eigenvalue weighted by molar-refractivity contribution is -0.123. The van der Waals surface area contributed by atoms with Crippen molar-refractivity contribution in [2.75, 3.05) is 26.2 Å². The molecule has 0 spiro atoms. The van der Waals surface area contributed by atoms with Crippen LogP contribution in [0.25, 0.3) is 0 Å². The number of carbonyl (C=O) groups excluding carboxylic acids is 1. The van der Waals surface area contributed by atoms with Gasteiger partial charge >= 0.3 is 0 Å². The highest BCUT2D eigenvalue weighted by Gasteiger charge is 2.43. The zero-order valence-corrected chi connectivity index (χ0v) is 12.0. The molecule has 108 valence electrons. The zero-order valence-electron chi connectivity index (χ0n) is 12.0. The first-order chi connectivity index (χ1) is 9.28. The van der Waals surface area contributed by atoms with Crippen molar-refractivity contribution in [3.05, 3.63) is 0 Å². The van der Waals surface area contributed by atoms with E-state index < -0.39 is 0 Å². The van der Waals surface area contributed by atoms with Crippen LogP contribution >= 0.6 is 0 Å². The largest absolute Gasteiger partial charge is 0.352 e. The smallest absolute Gasteiger partial charge is 0.234 e. The van der Waals surface area contributed by atoms with Crippen LogP contribution in [0.4, 0.5) is 0 Å². The Hall–Kier alpha value is -0.610. The molecule has 4 nitrogen and oxygen atoms in total. The molecule has 3 atom stereocenters. The minimum atomic E-state index is 0.248. The fourth-order valence-corrected chi connectivity index (χ4v) is 4.38. The van der Waals surface area contributed by atoms with Gasteiger partial charge in [0.05, 0.1) is 6.54 Å². The highest BCUT2D eigenvalue weighted by molar-refractivity contribution is 5.78. The second kappa shape index (κ2) is 5.80. The average molecular weight is 265 g/mol. The van der Waals surface area contributed by atoms with Crippen molar-refractivity contribution in [1.82, 2.24) is 15.5 Å². The van der Waals surface area contributed by atoms with Crippen molar-refractivity contribution in [3.8, 4) is 0 Å². The summed E-state index contributed by atoms with van der Waals surface area (Å²) in [5.74, 6) is 1.78. The fourth-order valence-electron chi connectivity index (χ4n) is 4.38. The number of nitrogens with zero attached hydrogens (tertiary/aromatic N) is 1. The van der Waals surface area contributed by atoms with Crippen molar-refractivity contribution in [1.29, 1.82) is 0 Å². The first-order valence-corrected chi connectivity index (χ1v) is 8.02. The van der Waals surface area contributed by atoms with Gasteiger partial charge in [-0.05, 0) is 44.2 Å². The Labute approximate surface area is 116 Å². The summed E-state index contributed by atoms with van der Waals surface area (Å²) in [5, 5.41) is 6.71. The minimum absolute atomic E-state index is 0.248. The van der Waals surface area contributed by atoms with Gasteiger partial charge in [0.15, 0.2) is 0 Å². The van der Waals surface area contributed by atoms with E-state index in [1.807, 2.05) is 0 Å². The van der Waals surface area contributed by atoms with Gasteiger partial charge in [-0.3, -0.25) is 9.69 Å². The minimum Gasteiger partial charge on any atom is -0.352 e. The Balaban J connectivity index is 1.52. The molecule has 2 heterocycles. The first-order valence-electron chi connectivity index (χ1n) is 8.02. The number of rotatable bonds is 4. The molecule has 0 aromatic heterocycles. The molecular formula is C15H27N3O. The SMILES string of the molecule is CCC1C2CNCC2CN1CC(=O)NC1CCCC1. The van der Waals surface area contributed by atoms with Crippen LogP contribution in [0.3, 0.4) is 0 Å². The van der Waals surface area contributed by atoms with E-state index in [-0.39, 0.29) is 5.91 Å². The predicted octanol–water partition coefficient (Wildman–Crippen LogP) is 0.975. The molecule has 0 bridgehead atoms. The molecule has 2 saturated heterocycles. The maximum atomic E-state index is 12.2. The number of likely N-dealkylation sites (tertiary alicyclic amines) is 1. The molecular weight excluding hydrogens is 238 g/mol. The maximum absolute atomic E-state index is 12.2. The van der Waals surface area contributed by atoms with Crippen LogP contribution in [0.15, 0.2) is 0 Å². The summed E-state index contributed by atoms with van der Waals surface area (Å²) < 4.78 is 0. The van der Waals surface area contributed by atoms with Gasteiger partial charge in [0.2, 0.25) is 5.91 Å². The van der Waals surface area contributed by atoms with Crippen LogP contribution in [-0.2, 0) is 4.79 Å². The van der Waals surface area contributed by atoms with Crippen molar-refractivity contribution in [2.24, 2.45) is 11.8 Å². The predicted molar refractivity (Wildman–Crippen MR) is 75.9 cm³/mol. The molecule has 0 aromatic rings. The molecule has 3 rings (SSSR count). The summed E-state index contributed by atoms with van der Waals surface area (Å²) in [6.45, 7) is 6.26. The lowest BCUT2D eigenvalue weighted by Crippen LogP contribution is -2.44. The van der Waals surface area contributed by atoms with Gasteiger partial charge in [0, 0.05) is 18.6 Å². The summed E-state index contributed by atoms with van der Waals surface area (Å²) in [6, 6.07) is 1.06. The molecule has 1 amide bonds. The highest BCUT2D eigenvalue weighted by atomic mass is 16.2. The molecule has 1 saturated carbocycles. The Morgan fingerprint density at radius 3 is 2.84 bits per heavy atom. The summed E-state index contributed by atoms with van der Waals surface area (Å²) in [4.78, 5) is 14.6. The molecule has 2 aliphatic heterocycles. The number of nitrogens with one attached hydrogen (secondary N) is 2. The van der Waals surface area contributed by atoms with E-state index in [2.05, 4.69) is 22.5 Å². The molecule has 1 aliphatic carbocycles. The van der Waals surface area contributed by atoms with Crippen LogP contribution in [0, 0.1) is 11.8 Å². The van der Waals surface area contributed by atoms with Crippen molar-refractivity contribution >= 4 is 5.91 Å². The number of hydrogen-bond donors (Lipinski definition) is 2. The molecule has 3 aliphatic rings. The van der Waals surface area contributed by atoms with Crippen LogP contribution in [-0.4, -0.2) is 49.1 Å². The molecule has 19 heavy (non-hydrogen) atoms.